The van der Waals surface area contributed by atoms with Crippen molar-refractivity contribution in [2.75, 3.05) is 5.33 Å². The zero-order valence-electron chi connectivity index (χ0n) is 10.4. The number of halogens is 1. The second-order valence-corrected chi connectivity index (χ2v) is 5.14. The van der Waals surface area contributed by atoms with Gasteiger partial charge < -0.3 is 5.32 Å². The first kappa shape index (κ1) is 13.7. The molecule has 3 nitrogen and oxygen atoms in total. The van der Waals surface area contributed by atoms with Gasteiger partial charge in [0.2, 0.25) is 0 Å². The molecule has 1 N–H and O–H groups in total. The summed E-state index contributed by atoms with van der Waals surface area (Å²) in [7, 11) is 0. The van der Waals surface area contributed by atoms with Crippen LogP contribution in [0.25, 0.3) is 0 Å². The fraction of sp³-hybridized carbons (Fsp3) is 0.750. The number of rotatable bonds is 7. The topological polar surface area (TPSA) is 29.9 Å². The second-order valence-electron chi connectivity index (χ2n) is 4.34. The molecule has 4 heteroatoms. The average molecular weight is 288 g/mol. The molecule has 0 bridgehead atoms. The van der Waals surface area contributed by atoms with Gasteiger partial charge in [0, 0.05) is 30.2 Å². The van der Waals surface area contributed by atoms with Crippen molar-refractivity contribution in [3.8, 4) is 0 Å². The van der Waals surface area contributed by atoms with Crippen LogP contribution in [0.5, 0.6) is 0 Å². The maximum Gasteiger partial charge on any atom is 0.0762 e. The first-order valence-corrected chi connectivity index (χ1v) is 7.12. The summed E-state index contributed by atoms with van der Waals surface area (Å²) in [4.78, 5) is 0. The Morgan fingerprint density at radius 3 is 2.75 bits per heavy atom. The highest BCUT2D eigenvalue weighted by molar-refractivity contribution is 9.09. The van der Waals surface area contributed by atoms with Gasteiger partial charge in [-0.25, -0.2) is 0 Å². The summed E-state index contributed by atoms with van der Waals surface area (Å²) in [6.45, 7) is 7.37. The number of aromatic nitrogens is 2. The van der Waals surface area contributed by atoms with Crippen LogP contribution in [-0.2, 0) is 6.54 Å². The van der Waals surface area contributed by atoms with Crippen LogP contribution in [0.1, 0.15) is 45.3 Å². The van der Waals surface area contributed by atoms with E-state index >= 15 is 0 Å². The van der Waals surface area contributed by atoms with E-state index in [4.69, 9.17) is 0 Å². The first-order valence-electron chi connectivity index (χ1n) is 6.00. The third-order valence-corrected chi connectivity index (χ3v) is 3.17. The normalized spacial score (nSPS) is 13.3. The van der Waals surface area contributed by atoms with Gasteiger partial charge in [-0.1, -0.05) is 22.9 Å². The first-order chi connectivity index (χ1) is 7.67. The Morgan fingerprint density at radius 2 is 2.25 bits per heavy atom. The predicted molar refractivity (Wildman–Crippen MR) is 71.9 cm³/mol. The van der Waals surface area contributed by atoms with E-state index in [0.29, 0.717) is 12.1 Å². The average Bonchev–Trinajstić information content (AvgIpc) is 2.73. The summed E-state index contributed by atoms with van der Waals surface area (Å²) in [6.07, 6.45) is 4.38. The highest BCUT2D eigenvalue weighted by Crippen LogP contribution is 2.06. The lowest BCUT2D eigenvalue weighted by Gasteiger charge is -2.14. The summed E-state index contributed by atoms with van der Waals surface area (Å²) in [5.41, 5.74) is 1.13. The van der Waals surface area contributed by atoms with Gasteiger partial charge in [-0.2, -0.15) is 5.10 Å². The largest absolute Gasteiger partial charge is 0.308 e. The Labute approximate surface area is 107 Å². The molecule has 0 saturated heterocycles. The molecule has 0 aliphatic rings. The second kappa shape index (κ2) is 7.07. The van der Waals surface area contributed by atoms with Gasteiger partial charge in [0.1, 0.15) is 0 Å². The highest BCUT2D eigenvalue weighted by Gasteiger charge is 2.06. The summed E-state index contributed by atoms with van der Waals surface area (Å²) in [6, 6.07) is 3.12. The summed E-state index contributed by atoms with van der Waals surface area (Å²) in [5, 5.41) is 9.11. The van der Waals surface area contributed by atoms with E-state index in [9.17, 15) is 0 Å². The van der Waals surface area contributed by atoms with Crippen LogP contribution in [0.15, 0.2) is 12.3 Å². The minimum Gasteiger partial charge on any atom is -0.308 e. The molecule has 1 rings (SSSR count). The number of alkyl halides is 1. The van der Waals surface area contributed by atoms with E-state index in [2.05, 4.69) is 53.2 Å². The fourth-order valence-electron chi connectivity index (χ4n) is 1.59. The molecule has 0 fully saturated rings. The van der Waals surface area contributed by atoms with Crippen molar-refractivity contribution in [1.29, 1.82) is 0 Å². The quantitative estimate of drug-likeness (QED) is 0.781. The van der Waals surface area contributed by atoms with E-state index in [0.717, 1.165) is 24.0 Å². The van der Waals surface area contributed by atoms with Crippen molar-refractivity contribution in [2.45, 2.75) is 52.2 Å². The van der Waals surface area contributed by atoms with Crippen LogP contribution in [0, 0.1) is 0 Å². The lowest BCUT2D eigenvalue weighted by molar-refractivity contribution is 0.474. The summed E-state index contributed by atoms with van der Waals surface area (Å²) < 4.78 is 2.00. The number of hydrogen-bond acceptors (Lipinski definition) is 2. The predicted octanol–water partition coefficient (Wildman–Crippen LogP) is 3.12. The molecule has 0 spiro atoms. The van der Waals surface area contributed by atoms with Crippen molar-refractivity contribution in [2.24, 2.45) is 0 Å². The lowest BCUT2D eigenvalue weighted by Crippen LogP contribution is -2.28. The van der Waals surface area contributed by atoms with Gasteiger partial charge in [-0.3, -0.25) is 4.68 Å². The third-order valence-electron chi connectivity index (χ3n) is 2.71. The Balaban J connectivity index is 2.41. The Hall–Kier alpha value is -0.350. The molecule has 1 aromatic rings. The third kappa shape index (κ3) is 4.26. The molecule has 0 aliphatic heterocycles. The molecule has 1 aromatic heterocycles. The zero-order valence-corrected chi connectivity index (χ0v) is 12.0. The van der Waals surface area contributed by atoms with Crippen molar-refractivity contribution in [3.63, 3.8) is 0 Å². The molecule has 0 amide bonds. The van der Waals surface area contributed by atoms with E-state index in [1.165, 1.54) is 6.42 Å². The van der Waals surface area contributed by atoms with E-state index < -0.39 is 0 Å². The number of nitrogens with one attached hydrogen (secondary N) is 1. The van der Waals surface area contributed by atoms with E-state index in [1.54, 1.807) is 0 Å². The number of hydrogen-bond donors (Lipinski definition) is 1. The summed E-state index contributed by atoms with van der Waals surface area (Å²) in [5.74, 6) is 0. The maximum atomic E-state index is 4.52. The molecule has 0 saturated carbocycles. The van der Waals surface area contributed by atoms with Crippen LogP contribution in [0.2, 0.25) is 0 Å². The van der Waals surface area contributed by atoms with E-state index in [1.807, 2.05) is 10.9 Å². The van der Waals surface area contributed by atoms with E-state index in [-0.39, 0.29) is 0 Å². The standard InChI is InChI=1S/C12H22BrN3/c1-4-11(5-7-13)14-9-12-6-8-16(15-12)10(2)3/h6,8,10-11,14H,4-5,7,9H2,1-3H3. The van der Waals surface area contributed by atoms with Crippen molar-refractivity contribution >= 4 is 15.9 Å². The zero-order chi connectivity index (χ0) is 12.0. The van der Waals surface area contributed by atoms with Gasteiger partial charge in [-0.15, -0.1) is 0 Å². The van der Waals surface area contributed by atoms with Crippen molar-refractivity contribution in [1.82, 2.24) is 15.1 Å². The van der Waals surface area contributed by atoms with Crippen LogP contribution in [0.3, 0.4) is 0 Å². The Morgan fingerprint density at radius 1 is 1.50 bits per heavy atom. The number of nitrogens with zero attached hydrogens (tertiary/aromatic N) is 2. The lowest BCUT2D eigenvalue weighted by atomic mass is 10.2. The fourth-order valence-corrected chi connectivity index (χ4v) is 2.14. The van der Waals surface area contributed by atoms with Gasteiger partial charge in [0.25, 0.3) is 0 Å². The van der Waals surface area contributed by atoms with Gasteiger partial charge in [0.05, 0.1) is 5.69 Å². The van der Waals surface area contributed by atoms with Crippen molar-refractivity contribution < 1.29 is 0 Å². The van der Waals surface area contributed by atoms with Crippen LogP contribution >= 0.6 is 15.9 Å². The molecular weight excluding hydrogens is 266 g/mol. The molecule has 1 atom stereocenters. The monoisotopic (exact) mass is 287 g/mol. The molecule has 0 aromatic carbocycles. The minimum absolute atomic E-state index is 0.443. The molecule has 92 valence electrons. The van der Waals surface area contributed by atoms with Gasteiger partial charge in [0.15, 0.2) is 0 Å². The van der Waals surface area contributed by atoms with Crippen LogP contribution in [0.4, 0.5) is 0 Å². The smallest absolute Gasteiger partial charge is 0.0762 e. The van der Waals surface area contributed by atoms with Crippen molar-refractivity contribution in [3.05, 3.63) is 18.0 Å². The highest BCUT2D eigenvalue weighted by atomic mass is 79.9. The van der Waals surface area contributed by atoms with Crippen LogP contribution in [-0.4, -0.2) is 21.2 Å². The molecule has 16 heavy (non-hydrogen) atoms. The molecule has 1 unspecified atom stereocenters. The molecular formula is C12H22BrN3. The van der Waals surface area contributed by atoms with Gasteiger partial charge in [-0.05, 0) is 32.8 Å². The Kier molecular flexibility index (Phi) is 6.06. The van der Waals surface area contributed by atoms with Gasteiger partial charge >= 0.3 is 0 Å². The SMILES string of the molecule is CCC(CCBr)NCc1ccn(C(C)C)n1. The summed E-state index contributed by atoms with van der Waals surface area (Å²) >= 11 is 3.48. The van der Waals surface area contributed by atoms with Crippen LogP contribution < -0.4 is 5.32 Å². The molecule has 0 aliphatic carbocycles. The molecule has 1 heterocycles. The Bertz CT molecular complexity index is 296. The maximum absolute atomic E-state index is 4.52. The molecule has 0 radical (unpaired) electrons. The minimum atomic E-state index is 0.443.